The van der Waals surface area contributed by atoms with E-state index in [9.17, 15) is 9.59 Å². The van der Waals surface area contributed by atoms with E-state index in [0.717, 1.165) is 50.2 Å². The fraction of sp³-hybridized carbons (Fsp3) is 0.593. The van der Waals surface area contributed by atoms with E-state index in [2.05, 4.69) is 25.5 Å². The van der Waals surface area contributed by atoms with Gasteiger partial charge in [0.05, 0.1) is 11.7 Å². The molecule has 2 bridgehead atoms. The van der Waals surface area contributed by atoms with Crippen molar-refractivity contribution in [2.75, 3.05) is 43.0 Å². The minimum Gasteiger partial charge on any atom is -0.491 e. The molecular formula is C27H33N7O3. The third-order valence-corrected chi connectivity index (χ3v) is 9.01. The molecule has 0 unspecified atom stereocenters. The van der Waals surface area contributed by atoms with Gasteiger partial charge in [-0.05, 0) is 69.7 Å². The number of anilines is 3. The fourth-order valence-corrected chi connectivity index (χ4v) is 6.81. The van der Waals surface area contributed by atoms with Gasteiger partial charge < -0.3 is 15.4 Å². The fourth-order valence-electron chi connectivity index (χ4n) is 6.81. The Bertz CT molecular complexity index is 1210. The molecule has 10 heteroatoms. The molecule has 5 fully saturated rings. The number of nitrogens with zero attached hydrogens (tertiary/aromatic N) is 5. The van der Waals surface area contributed by atoms with E-state index >= 15 is 0 Å². The number of fused-ring (bicyclic) bond motifs is 1. The first-order valence-electron chi connectivity index (χ1n) is 13.6. The Kier molecular flexibility index (Phi) is 5.35. The van der Waals surface area contributed by atoms with Crippen molar-refractivity contribution < 1.29 is 14.3 Å². The summed E-state index contributed by atoms with van der Waals surface area (Å²) in [5.41, 5.74) is -0.354. The number of carbonyl (C=O) groups excluding carboxylic acids is 2. The summed E-state index contributed by atoms with van der Waals surface area (Å²) in [6.45, 7) is 4.43. The van der Waals surface area contributed by atoms with Crippen molar-refractivity contribution in [3.8, 4) is 5.75 Å². The van der Waals surface area contributed by atoms with Crippen LogP contribution in [0.5, 0.6) is 5.75 Å². The Morgan fingerprint density at radius 1 is 1.08 bits per heavy atom. The lowest BCUT2D eigenvalue weighted by atomic mass is 9.48. The first-order valence-corrected chi connectivity index (χ1v) is 13.6. The van der Waals surface area contributed by atoms with E-state index < -0.39 is 5.41 Å². The number of rotatable bonds is 7. The Morgan fingerprint density at radius 3 is 2.59 bits per heavy atom. The highest BCUT2D eigenvalue weighted by Gasteiger charge is 2.67. The molecule has 3 saturated carbocycles. The van der Waals surface area contributed by atoms with E-state index in [-0.39, 0.29) is 17.4 Å². The van der Waals surface area contributed by atoms with E-state index in [4.69, 9.17) is 9.72 Å². The van der Waals surface area contributed by atoms with E-state index in [1.54, 1.807) is 12.4 Å². The normalized spacial score (nSPS) is 30.4. The average Bonchev–Trinajstić information content (AvgIpc) is 3.22. The number of pyridine rings is 1. The SMILES string of the molecule is O=C1NCC[C@@]12Cc1cnc(Nc3ccc(OCCN4CCCCC4)cn3)nc1N(C13CC(C1)C3)C2=O. The van der Waals surface area contributed by atoms with Gasteiger partial charge in [0.25, 0.3) is 0 Å². The quantitative estimate of drug-likeness (QED) is 0.554. The molecule has 0 radical (unpaired) electrons. The summed E-state index contributed by atoms with van der Waals surface area (Å²) in [4.78, 5) is 44.7. The third-order valence-electron chi connectivity index (χ3n) is 9.01. The number of hydrogen-bond donors (Lipinski definition) is 2. The smallest absolute Gasteiger partial charge is 0.244 e. The monoisotopic (exact) mass is 503 g/mol. The number of ether oxygens (including phenoxy) is 1. The van der Waals surface area contributed by atoms with Crippen LogP contribution < -0.4 is 20.3 Å². The largest absolute Gasteiger partial charge is 0.491 e. The molecule has 2 N–H and O–H groups in total. The number of nitrogens with one attached hydrogen (secondary N) is 2. The minimum atomic E-state index is -1.02. The molecule has 2 amide bonds. The molecule has 3 aliphatic carbocycles. The molecule has 6 aliphatic rings. The van der Waals surface area contributed by atoms with Gasteiger partial charge in [-0.1, -0.05) is 6.42 Å². The average molecular weight is 504 g/mol. The maximum atomic E-state index is 13.8. The van der Waals surface area contributed by atoms with Crippen molar-refractivity contribution >= 4 is 29.4 Å². The number of hydrogen-bond acceptors (Lipinski definition) is 8. The molecule has 0 aromatic carbocycles. The van der Waals surface area contributed by atoms with Crippen molar-refractivity contribution in [3.63, 3.8) is 0 Å². The van der Waals surface area contributed by atoms with Gasteiger partial charge in [-0.3, -0.25) is 19.4 Å². The van der Waals surface area contributed by atoms with Crippen LogP contribution in [-0.4, -0.2) is 70.0 Å². The summed E-state index contributed by atoms with van der Waals surface area (Å²) in [5.74, 6) is 2.80. The van der Waals surface area contributed by atoms with Crippen LogP contribution >= 0.6 is 0 Å². The highest BCUT2D eigenvalue weighted by atomic mass is 16.5. The molecule has 2 aromatic heterocycles. The molecule has 5 heterocycles. The standard InChI is InChI=1S/C27H33N7O3/c35-23-27(6-7-28-23)15-19-16-30-25(32-22(19)34(24(27)36)26-12-18(13-26)14-26)31-21-5-4-20(17-29-21)37-11-10-33-8-2-1-3-9-33/h4-5,16-18H,1-3,6-15H2,(H,28,35)(H,29,30,31,32)/t18?,26?,27-/m1/s1. The molecule has 37 heavy (non-hydrogen) atoms. The Balaban J connectivity index is 1.07. The van der Waals surface area contributed by atoms with Crippen LogP contribution in [0.2, 0.25) is 0 Å². The van der Waals surface area contributed by atoms with Crippen LogP contribution in [0.1, 0.15) is 50.5 Å². The van der Waals surface area contributed by atoms with E-state index in [1.165, 1.54) is 19.3 Å². The second-order valence-corrected chi connectivity index (χ2v) is 11.4. The number of likely N-dealkylation sites (tertiary alicyclic amines) is 1. The minimum absolute atomic E-state index is 0.0954. The molecule has 8 rings (SSSR count). The third kappa shape index (κ3) is 3.75. The summed E-state index contributed by atoms with van der Waals surface area (Å²) >= 11 is 0. The van der Waals surface area contributed by atoms with Crippen molar-refractivity contribution in [1.82, 2.24) is 25.2 Å². The lowest BCUT2D eigenvalue weighted by Crippen LogP contribution is -2.73. The highest BCUT2D eigenvalue weighted by Crippen LogP contribution is 2.63. The van der Waals surface area contributed by atoms with Gasteiger partial charge in [0.15, 0.2) is 0 Å². The van der Waals surface area contributed by atoms with Gasteiger partial charge in [0, 0.05) is 31.3 Å². The molecular weight excluding hydrogens is 470 g/mol. The van der Waals surface area contributed by atoms with Crippen LogP contribution in [-0.2, 0) is 16.0 Å². The molecule has 3 aliphatic heterocycles. The second kappa shape index (κ2) is 8.65. The van der Waals surface area contributed by atoms with Crippen molar-refractivity contribution in [3.05, 3.63) is 30.1 Å². The summed E-state index contributed by atoms with van der Waals surface area (Å²) in [7, 11) is 0. The Hall–Kier alpha value is -3.27. The lowest BCUT2D eigenvalue weighted by Gasteiger charge is -2.67. The predicted molar refractivity (Wildman–Crippen MR) is 137 cm³/mol. The summed E-state index contributed by atoms with van der Waals surface area (Å²) in [5, 5.41) is 6.06. The first kappa shape index (κ1) is 22.9. The van der Waals surface area contributed by atoms with Crippen molar-refractivity contribution in [2.45, 2.75) is 56.9 Å². The Morgan fingerprint density at radius 2 is 1.92 bits per heavy atom. The van der Waals surface area contributed by atoms with Gasteiger partial charge in [0.1, 0.15) is 29.4 Å². The molecule has 1 spiro atoms. The summed E-state index contributed by atoms with van der Waals surface area (Å²) in [6, 6.07) is 3.74. The maximum Gasteiger partial charge on any atom is 0.244 e. The van der Waals surface area contributed by atoms with Crippen LogP contribution in [0.4, 0.5) is 17.6 Å². The van der Waals surface area contributed by atoms with E-state index in [0.29, 0.717) is 49.5 Å². The zero-order valence-electron chi connectivity index (χ0n) is 21.0. The van der Waals surface area contributed by atoms with Gasteiger partial charge in [-0.15, -0.1) is 0 Å². The zero-order chi connectivity index (χ0) is 25.0. The van der Waals surface area contributed by atoms with Crippen molar-refractivity contribution in [2.24, 2.45) is 11.3 Å². The lowest BCUT2D eigenvalue weighted by molar-refractivity contribution is -0.144. The molecule has 2 aromatic rings. The van der Waals surface area contributed by atoms with E-state index in [1.807, 2.05) is 17.0 Å². The molecule has 2 saturated heterocycles. The van der Waals surface area contributed by atoms with Crippen LogP contribution in [0.3, 0.4) is 0 Å². The van der Waals surface area contributed by atoms with Crippen LogP contribution in [0.25, 0.3) is 0 Å². The van der Waals surface area contributed by atoms with Gasteiger partial charge in [-0.2, -0.15) is 4.98 Å². The summed E-state index contributed by atoms with van der Waals surface area (Å²) in [6.07, 6.45) is 11.2. The number of piperidine rings is 1. The van der Waals surface area contributed by atoms with Crippen LogP contribution in [0, 0.1) is 11.3 Å². The number of carbonyl (C=O) groups is 2. The number of amides is 2. The van der Waals surface area contributed by atoms with Crippen LogP contribution in [0.15, 0.2) is 24.5 Å². The second-order valence-electron chi connectivity index (χ2n) is 11.4. The number of aromatic nitrogens is 3. The highest BCUT2D eigenvalue weighted by molar-refractivity contribution is 6.15. The van der Waals surface area contributed by atoms with Gasteiger partial charge in [-0.25, -0.2) is 9.97 Å². The topological polar surface area (TPSA) is 113 Å². The molecule has 194 valence electrons. The Labute approximate surface area is 216 Å². The van der Waals surface area contributed by atoms with Gasteiger partial charge >= 0.3 is 0 Å². The molecule has 1 atom stereocenters. The van der Waals surface area contributed by atoms with Crippen molar-refractivity contribution in [1.29, 1.82) is 0 Å². The predicted octanol–water partition coefficient (Wildman–Crippen LogP) is 2.43. The van der Waals surface area contributed by atoms with Gasteiger partial charge in [0.2, 0.25) is 17.8 Å². The zero-order valence-corrected chi connectivity index (χ0v) is 21.0. The summed E-state index contributed by atoms with van der Waals surface area (Å²) < 4.78 is 5.89. The molecule has 10 nitrogen and oxygen atoms in total. The maximum absolute atomic E-state index is 13.8. The first-order chi connectivity index (χ1) is 18.0.